The van der Waals surface area contributed by atoms with E-state index in [0.717, 1.165) is 19.2 Å². The summed E-state index contributed by atoms with van der Waals surface area (Å²) in [6.07, 6.45) is -4.36. The highest BCUT2D eigenvalue weighted by atomic mass is 19.4. The molecule has 0 spiro atoms. The number of benzene rings is 1. The highest BCUT2D eigenvalue weighted by molar-refractivity contribution is 5.61. The fourth-order valence-corrected chi connectivity index (χ4v) is 2.19. The Labute approximate surface area is 104 Å². The van der Waals surface area contributed by atoms with Gasteiger partial charge in [-0.25, -0.2) is 0 Å². The largest absolute Gasteiger partial charge is 0.418 e. The lowest BCUT2D eigenvalue weighted by molar-refractivity contribution is -0.880. The van der Waals surface area contributed by atoms with Gasteiger partial charge in [0.1, 0.15) is 0 Å². The molecule has 18 heavy (non-hydrogen) atoms. The van der Waals surface area contributed by atoms with Gasteiger partial charge in [-0.15, -0.1) is 0 Å². The summed E-state index contributed by atoms with van der Waals surface area (Å²) in [6, 6.07) is 4.01. The molecule has 1 aliphatic heterocycles. The first-order chi connectivity index (χ1) is 8.38. The number of nitrogens with one attached hydrogen (secondary N) is 1. The molecule has 3 nitrogen and oxygen atoms in total. The van der Waals surface area contributed by atoms with E-state index in [1.807, 2.05) is 7.05 Å². The zero-order chi connectivity index (χ0) is 13.3. The lowest BCUT2D eigenvalue weighted by Crippen LogP contribution is -3.12. The fraction of sp³-hybridized carbons (Fsp3) is 0.500. The highest BCUT2D eigenvalue weighted by Gasteiger charge is 2.35. The number of hydrogen-bond acceptors (Lipinski definition) is 2. The number of halogens is 3. The van der Waals surface area contributed by atoms with Gasteiger partial charge in [-0.1, -0.05) is 0 Å². The number of nitrogens with two attached hydrogens (primary N) is 1. The number of rotatable bonds is 1. The van der Waals surface area contributed by atoms with Crippen LogP contribution in [0.3, 0.4) is 0 Å². The molecular formula is C12H17F3N3+. The number of nitrogen functional groups attached to an aromatic ring is 1. The fourth-order valence-electron chi connectivity index (χ4n) is 2.19. The molecular weight excluding hydrogens is 243 g/mol. The molecule has 1 heterocycles. The van der Waals surface area contributed by atoms with E-state index in [0.29, 0.717) is 13.1 Å². The van der Waals surface area contributed by atoms with Gasteiger partial charge in [0.25, 0.3) is 0 Å². The maximum absolute atomic E-state index is 13.0. The van der Waals surface area contributed by atoms with Crippen LogP contribution in [0.25, 0.3) is 0 Å². The van der Waals surface area contributed by atoms with Crippen LogP contribution in [0.15, 0.2) is 18.2 Å². The third-order valence-corrected chi connectivity index (χ3v) is 3.28. The molecule has 1 aromatic rings. The average Bonchev–Trinajstić information content (AvgIpc) is 2.29. The van der Waals surface area contributed by atoms with Crippen molar-refractivity contribution < 1.29 is 18.1 Å². The zero-order valence-electron chi connectivity index (χ0n) is 10.2. The summed E-state index contributed by atoms with van der Waals surface area (Å²) in [5.74, 6) is 0. The number of piperazine rings is 1. The van der Waals surface area contributed by atoms with E-state index in [4.69, 9.17) is 5.73 Å². The van der Waals surface area contributed by atoms with Crippen LogP contribution >= 0.6 is 0 Å². The van der Waals surface area contributed by atoms with E-state index in [1.165, 1.54) is 17.0 Å². The van der Waals surface area contributed by atoms with Crippen LogP contribution in [0, 0.1) is 0 Å². The smallest absolute Gasteiger partial charge is 0.399 e. The van der Waals surface area contributed by atoms with E-state index >= 15 is 0 Å². The summed E-state index contributed by atoms with van der Waals surface area (Å²) in [7, 11) is 2.05. The van der Waals surface area contributed by atoms with E-state index < -0.39 is 11.7 Å². The highest BCUT2D eigenvalue weighted by Crippen LogP contribution is 2.37. The second kappa shape index (κ2) is 4.68. The standard InChI is InChI=1S/C12H16F3N3/c1-17-4-6-18(7-5-17)11-3-2-9(16)8-10(11)12(13,14)15/h2-3,8H,4-7,16H2,1H3/p+1. The van der Waals surface area contributed by atoms with Crippen molar-refractivity contribution in [2.45, 2.75) is 6.18 Å². The Hall–Kier alpha value is -1.43. The second-order valence-electron chi connectivity index (χ2n) is 4.72. The van der Waals surface area contributed by atoms with Crippen molar-refractivity contribution in [1.82, 2.24) is 0 Å². The monoisotopic (exact) mass is 260 g/mol. The minimum atomic E-state index is -4.36. The van der Waals surface area contributed by atoms with Gasteiger partial charge in [-0.05, 0) is 18.2 Å². The van der Waals surface area contributed by atoms with Crippen LogP contribution in [0.1, 0.15) is 5.56 Å². The number of likely N-dealkylation sites (N-methyl/N-ethyl adjacent to an activating group) is 1. The second-order valence-corrected chi connectivity index (χ2v) is 4.72. The van der Waals surface area contributed by atoms with Gasteiger partial charge < -0.3 is 15.5 Å². The first kappa shape index (κ1) is 13.0. The van der Waals surface area contributed by atoms with Crippen LogP contribution in [0.4, 0.5) is 24.5 Å². The van der Waals surface area contributed by atoms with Crippen molar-refractivity contribution in [3.05, 3.63) is 23.8 Å². The number of nitrogens with zero attached hydrogens (tertiary/aromatic N) is 1. The van der Waals surface area contributed by atoms with Crippen molar-refractivity contribution in [2.75, 3.05) is 43.9 Å². The van der Waals surface area contributed by atoms with E-state index in [-0.39, 0.29) is 11.4 Å². The summed E-state index contributed by atoms with van der Waals surface area (Å²) in [5, 5.41) is 0. The van der Waals surface area contributed by atoms with E-state index in [2.05, 4.69) is 0 Å². The molecule has 0 amide bonds. The number of quaternary nitrogens is 1. The lowest BCUT2D eigenvalue weighted by Gasteiger charge is -2.33. The van der Waals surface area contributed by atoms with Crippen LogP contribution in [0.2, 0.25) is 0 Å². The van der Waals surface area contributed by atoms with Crippen molar-refractivity contribution in [1.29, 1.82) is 0 Å². The van der Waals surface area contributed by atoms with E-state index in [9.17, 15) is 13.2 Å². The molecule has 1 aliphatic rings. The topological polar surface area (TPSA) is 33.7 Å². The Bertz CT molecular complexity index is 423. The third kappa shape index (κ3) is 2.69. The molecule has 1 saturated heterocycles. The average molecular weight is 260 g/mol. The Balaban J connectivity index is 2.32. The summed E-state index contributed by atoms with van der Waals surface area (Å²) in [5.41, 5.74) is 5.20. The van der Waals surface area contributed by atoms with Gasteiger partial charge in [-0.2, -0.15) is 13.2 Å². The first-order valence-electron chi connectivity index (χ1n) is 5.91. The van der Waals surface area contributed by atoms with Crippen molar-refractivity contribution >= 4 is 11.4 Å². The zero-order valence-corrected chi connectivity index (χ0v) is 10.2. The van der Waals surface area contributed by atoms with Crippen molar-refractivity contribution in [3.63, 3.8) is 0 Å². The maximum atomic E-state index is 13.0. The Morgan fingerprint density at radius 3 is 2.39 bits per heavy atom. The van der Waals surface area contributed by atoms with Gasteiger partial charge in [0.05, 0.1) is 38.8 Å². The first-order valence-corrected chi connectivity index (χ1v) is 5.91. The number of alkyl halides is 3. The molecule has 0 aromatic heterocycles. The molecule has 0 aliphatic carbocycles. The number of anilines is 2. The van der Waals surface area contributed by atoms with Crippen LogP contribution in [0.5, 0.6) is 0 Å². The van der Waals surface area contributed by atoms with Gasteiger partial charge in [0.15, 0.2) is 0 Å². The van der Waals surface area contributed by atoms with Crippen molar-refractivity contribution in [2.24, 2.45) is 0 Å². The minimum Gasteiger partial charge on any atom is -0.399 e. The Morgan fingerprint density at radius 1 is 1.22 bits per heavy atom. The summed E-state index contributed by atoms with van der Waals surface area (Å²) < 4.78 is 38.9. The van der Waals surface area contributed by atoms with Gasteiger partial charge in [-0.3, -0.25) is 0 Å². The molecule has 0 atom stereocenters. The normalized spacial score (nSPS) is 18.1. The van der Waals surface area contributed by atoms with Gasteiger partial charge in [0.2, 0.25) is 0 Å². The predicted molar refractivity (Wildman–Crippen MR) is 64.7 cm³/mol. The van der Waals surface area contributed by atoms with Gasteiger partial charge in [0, 0.05) is 11.4 Å². The molecule has 0 unspecified atom stereocenters. The molecule has 3 N–H and O–H groups in total. The molecule has 0 bridgehead atoms. The summed E-state index contributed by atoms with van der Waals surface area (Å²) in [6.45, 7) is 2.97. The third-order valence-electron chi connectivity index (χ3n) is 3.28. The Morgan fingerprint density at radius 2 is 1.83 bits per heavy atom. The molecule has 0 radical (unpaired) electrons. The molecule has 1 aromatic carbocycles. The molecule has 2 rings (SSSR count). The van der Waals surface area contributed by atoms with Gasteiger partial charge >= 0.3 is 6.18 Å². The summed E-state index contributed by atoms with van der Waals surface area (Å²) >= 11 is 0. The quantitative estimate of drug-likeness (QED) is 0.726. The lowest BCUT2D eigenvalue weighted by atomic mass is 10.1. The van der Waals surface area contributed by atoms with Crippen LogP contribution in [-0.2, 0) is 6.18 Å². The van der Waals surface area contributed by atoms with Crippen molar-refractivity contribution in [3.8, 4) is 0 Å². The minimum absolute atomic E-state index is 0.144. The Kier molecular flexibility index (Phi) is 3.38. The van der Waals surface area contributed by atoms with E-state index in [1.54, 1.807) is 4.90 Å². The molecule has 6 heteroatoms. The maximum Gasteiger partial charge on any atom is 0.418 e. The SMILES string of the molecule is C[NH+]1CCN(c2ccc(N)cc2C(F)(F)F)CC1. The molecule has 0 saturated carbocycles. The molecule has 100 valence electrons. The number of hydrogen-bond donors (Lipinski definition) is 2. The molecule has 1 fully saturated rings. The van der Waals surface area contributed by atoms with Crippen LogP contribution in [-0.4, -0.2) is 33.2 Å². The predicted octanol–water partition coefficient (Wildman–Crippen LogP) is 0.622. The van der Waals surface area contributed by atoms with Crippen LogP contribution < -0.4 is 15.5 Å². The summed E-state index contributed by atoms with van der Waals surface area (Å²) in [4.78, 5) is 3.13.